The summed E-state index contributed by atoms with van der Waals surface area (Å²) in [4.78, 5) is 15.6. The number of aryl methyl sites for hydroxylation is 1. The zero-order chi connectivity index (χ0) is 12.3. The molecule has 88 valence electrons. The number of aromatic nitrogens is 1. The van der Waals surface area contributed by atoms with Crippen LogP contribution in [0.2, 0.25) is 0 Å². The van der Waals surface area contributed by atoms with Crippen LogP contribution in [0.25, 0.3) is 0 Å². The van der Waals surface area contributed by atoms with Gasteiger partial charge in [0.15, 0.2) is 0 Å². The summed E-state index contributed by atoms with van der Waals surface area (Å²) in [5.74, 6) is 0.339. The first-order valence-corrected chi connectivity index (χ1v) is 6.47. The van der Waals surface area contributed by atoms with E-state index in [1.54, 1.807) is 12.3 Å². The summed E-state index contributed by atoms with van der Waals surface area (Å²) >= 11 is 1.32. The first-order valence-electron chi connectivity index (χ1n) is 5.48. The normalized spacial score (nSPS) is 14.1. The number of nitrogens with zero attached hydrogens (tertiary/aromatic N) is 2. The summed E-state index contributed by atoms with van der Waals surface area (Å²) in [6.07, 6.45) is 3.84. The van der Waals surface area contributed by atoms with Crippen molar-refractivity contribution in [2.24, 2.45) is 0 Å². The summed E-state index contributed by atoms with van der Waals surface area (Å²) in [6, 6.07) is 4.30. The molecule has 0 aliphatic heterocycles. The van der Waals surface area contributed by atoms with Crippen LogP contribution in [0.4, 0.5) is 0 Å². The van der Waals surface area contributed by atoms with Gasteiger partial charge >= 0.3 is 0 Å². The number of nitrogens with one attached hydrogen (secondary N) is 1. The van der Waals surface area contributed by atoms with Gasteiger partial charge in [0, 0.05) is 12.2 Å². The van der Waals surface area contributed by atoms with Gasteiger partial charge in [-0.1, -0.05) is 11.8 Å². The number of carbonyl (C=O) groups excluding carboxylic acids is 1. The Morgan fingerprint density at radius 1 is 1.71 bits per heavy atom. The number of carbonyl (C=O) groups is 1. The maximum absolute atomic E-state index is 11.5. The highest BCUT2D eigenvalue weighted by atomic mass is 32.2. The van der Waals surface area contributed by atoms with Crippen LogP contribution in [0.15, 0.2) is 17.3 Å². The van der Waals surface area contributed by atoms with E-state index in [1.807, 2.05) is 6.92 Å². The van der Waals surface area contributed by atoms with Gasteiger partial charge in [-0.05, 0) is 31.4 Å². The average molecular weight is 247 g/mol. The third-order valence-corrected chi connectivity index (χ3v) is 3.51. The van der Waals surface area contributed by atoms with Crippen LogP contribution in [-0.4, -0.2) is 22.7 Å². The standard InChI is InChI=1S/C12H13N3OS/c1-8-4-5-14-12(10(8)6-13)17-7-11(16)15-9-2-3-9/h4-5,9H,2-3,7H2,1H3,(H,15,16). The molecule has 1 heterocycles. The number of pyridine rings is 1. The van der Waals surface area contributed by atoms with Gasteiger partial charge in [-0.25, -0.2) is 4.98 Å². The van der Waals surface area contributed by atoms with Crippen molar-refractivity contribution < 1.29 is 4.79 Å². The molecule has 0 bridgehead atoms. The first kappa shape index (κ1) is 11.9. The van der Waals surface area contributed by atoms with Crippen LogP contribution in [0.1, 0.15) is 24.0 Å². The highest BCUT2D eigenvalue weighted by molar-refractivity contribution is 8.00. The Balaban J connectivity index is 1.96. The van der Waals surface area contributed by atoms with Crippen molar-refractivity contribution >= 4 is 17.7 Å². The summed E-state index contributed by atoms with van der Waals surface area (Å²) in [5.41, 5.74) is 1.46. The highest BCUT2D eigenvalue weighted by Crippen LogP contribution is 2.23. The molecule has 1 amide bonds. The molecule has 0 spiro atoms. The van der Waals surface area contributed by atoms with Gasteiger partial charge in [0.2, 0.25) is 5.91 Å². The molecule has 0 aromatic carbocycles. The Kier molecular flexibility index (Phi) is 3.64. The van der Waals surface area contributed by atoms with Gasteiger partial charge in [-0.2, -0.15) is 5.26 Å². The molecule has 1 fully saturated rings. The van der Waals surface area contributed by atoms with Gasteiger partial charge in [-0.15, -0.1) is 0 Å². The van der Waals surface area contributed by atoms with Crippen molar-refractivity contribution in [1.82, 2.24) is 10.3 Å². The lowest BCUT2D eigenvalue weighted by atomic mass is 10.2. The summed E-state index contributed by atoms with van der Waals surface area (Å²) in [6.45, 7) is 1.87. The molecule has 1 aromatic rings. The Morgan fingerprint density at radius 2 is 2.47 bits per heavy atom. The maximum Gasteiger partial charge on any atom is 0.230 e. The average Bonchev–Trinajstić information content (AvgIpc) is 3.10. The summed E-state index contributed by atoms with van der Waals surface area (Å²) < 4.78 is 0. The zero-order valence-corrected chi connectivity index (χ0v) is 10.4. The van der Waals surface area contributed by atoms with E-state index in [2.05, 4.69) is 16.4 Å². The summed E-state index contributed by atoms with van der Waals surface area (Å²) in [5, 5.41) is 12.6. The number of thioether (sulfide) groups is 1. The van der Waals surface area contributed by atoms with Crippen molar-refractivity contribution in [3.05, 3.63) is 23.4 Å². The molecule has 1 aromatic heterocycles. The van der Waals surface area contributed by atoms with Gasteiger partial charge < -0.3 is 5.32 Å². The van der Waals surface area contributed by atoms with Crippen LogP contribution < -0.4 is 5.32 Å². The third-order valence-electron chi connectivity index (χ3n) is 2.52. The fraction of sp³-hybridized carbons (Fsp3) is 0.417. The Hall–Kier alpha value is -1.54. The monoisotopic (exact) mass is 247 g/mol. The van der Waals surface area contributed by atoms with Crippen molar-refractivity contribution in [1.29, 1.82) is 5.26 Å². The van der Waals surface area contributed by atoms with E-state index in [4.69, 9.17) is 5.26 Å². The molecule has 17 heavy (non-hydrogen) atoms. The zero-order valence-electron chi connectivity index (χ0n) is 9.56. The minimum atomic E-state index is 0.0182. The molecule has 0 radical (unpaired) electrons. The van der Waals surface area contributed by atoms with Crippen LogP contribution in [0.5, 0.6) is 0 Å². The number of nitriles is 1. The minimum Gasteiger partial charge on any atom is -0.353 e. The lowest BCUT2D eigenvalue weighted by Crippen LogP contribution is -2.27. The van der Waals surface area contributed by atoms with Crippen LogP contribution in [0, 0.1) is 18.3 Å². The molecule has 1 saturated carbocycles. The van der Waals surface area contributed by atoms with Crippen molar-refractivity contribution in [3.8, 4) is 6.07 Å². The molecule has 4 nitrogen and oxygen atoms in total. The predicted molar refractivity (Wildman–Crippen MR) is 65.6 cm³/mol. The minimum absolute atomic E-state index is 0.0182. The second-order valence-corrected chi connectivity index (χ2v) is 5.01. The molecule has 0 atom stereocenters. The van der Waals surface area contributed by atoms with E-state index in [0.29, 0.717) is 22.4 Å². The molecule has 2 rings (SSSR count). The molecule has 5 heteroatoms. The van der Waals surface area contributed by atoms with Crippen LogP contribution in [0.3, 0.4) is 0 Å². The number of amides is 1. The van der Waals surface area contributed by atoms with Crippen molar-refractivity contribution in [2.75, 3.05) is 5.75 Å². The SMILES string of the molecule is Cc1ccnc(SCC(=O)NC2CC2)c1C#N. The smallest absolute Gasteiger partial charge is 0.230 e. The van der Waals surface area contributed by atoms with Crippen LogP contribution in [-0.2, 0) is 4.79 Å². The first-order chi connectivity index (χ1) is 8.20. The second-order valence-electron chi connectivity index (χ2n) is 4.05. The largest absolute Gasteiger partial charge is 0.353 e. The van der Waals surface area contributed by atoms with Gasteiger partial charge in [0.1, 0.15) is 11.1 Å². The van der Waals surface area contributed by atoms with Gasteiger partial charge in [-0.3, -0.25) is 4.79 Å². The van der Waals surface area contributed by atoms with E-state index in [1.165, 1.54) is 11.8 Å². The van der Waals surface area contributed by atoms with Crippen LogP contribution >= 0.6 is 11.8 Å². The molecule has 0 saturated heterocycles. The number of hydrogen-bond acceptors (Lipinski definition) is 4. The molecule has 1 aliphatic carbocycles. The second kappa shape index (κ2) is 5.19. The van der Waals surface area contributed by atoms with E-state index in [-0.39, 0.29) is 5.91 Å². The molecule has 1 N–H and O–H groups in total. The van der Waals surface area contributed by atoms with Gasteiger partial charge in [0.25, 0.3) is 0 Å². The molecule has 0 unspecified atom stereocenters. The third kappa shape index (κ3) is 3.21. The van der Waals surface area contributed by atoms with E-state index in [0.717, 1.165) is 18.4 Å². The predicted octanol–water partition coefficient (Wildman–Crippen LogP) is 1.63. The Bertz CT molecular complexity index is 477. The van der Waals surface area contributed by atoms with E-state index >= 15 is 0 Å². The fourth-order valence-electron chi connectivity index (χ4n) is 1.41. The Labute approximate surface area is 104 Å². The van der Waals surface area contributed by atoms with E-state index < -0.39 is 0 Å². The fourth-order valence-corrected chi connectivity index (χ4v) is 2.25. The lowest BCUT2D eigenvalue weighted by Gasteiger charge is -2.05. The molecular weight excluding hydrogens is 234 g/mol. The molecule has 1 aliphatic rings. The number of hydrogen-bond donors (Lipinski definition) is 1. The topological polar surface area (TPSA) is 65.8 Å². The quantitative estimate of drug-likeness (QED) is 0.821. The molecular formula is C12H13N3OS. The lowest BCUT2D eigenvalue weighted by molar-refractivity contribution is -0.118. The van der Waals surface area contributed by atoms with Crippen molar-refractivity contribution in [3.63, 3.8) is 0 Å². The Morgan fingerprint density at radius 3 is 3.12 bits per heavy atom. The van der Waals surface area contributed by atoms with Crippen molar-refractivity contribution in [2.45, 2.75) is 30.8 Å². The van der Waals surface area contributed by atoms with Gasteiger partial charge in [0.05, 0.1) is 11.3 Å². The highest BCUT2D eigenvalue weighted by Gasteiger charge is 2.23. The van der Waals surface area contributed by atoms with E-state index in [9.17, 15) is 4.79 Å². The maximum atomic E-state index is 11.5. The summed E-state index contributed by atoms with van der Waals surface area (Å²) in [7, 11) is 0. The number of rotatable bonds is 4.